The SMILES string of the molecule is CC(C(=O)O)n1cccc(OCC(=O)NCc2ccco2)c1=O. The Hall–Kier alpha value is -3.03. The van der Waals surface area contributed by atoms with Crippen LogP contribution in [-0.2, 0) is 16.1 Å². The molecule has 0 spiro atoms. The number of carboxylic acids is 1. The van der Waals surface area contributed by atoms with E-state index in [0.29, 0.717) is 5.76 Å². The van der Waals surface area contributed by atoms with Crippen molar-refractivity contribution in [2.75, 3.05) is 6.61 Å². The van der Waals surface area contributed by atoms with Gasteiger partial charge in [-0.15, -0.1) is 0 Å². The Bertz CT molecular complexity index is 735. The number of aromatic nitrogens is 1. The Balaban J connectivity index is 1.95. The Morgan fingerprint density at radius 3 is 2.83 bits per heavy atom. The number of furan rings is 1. The molecule has 2 rings (SSSR count). The van der Waals surface area contributed by atoms with Crippen LogP contribution in [0.2, 0.25) is 0 Å². The second-order valence-electron chi connectivity index (χ2n) is 4.74. The van der Waals surface area contributed by atoms with Crippen molar-refractivity contribution in [1.29, 1.82) is 0 Å². The fraction of sp³-hybridized carbons (Fsp3) is 0.267. The first-order valence-electron chi connectivity index (χ1n) is 6.85. The molecule has 1 unspecified atom stereocenters. The van der Waals surface area contributed by atoms with Crippen molar-refractivity contribution in [2.45, 2.75) is 19.5 Å². The first-order valence-corrected chi connectivity index (χ1v) is 6.85. The molecule has 1 amide bonds. The lowest BCUT2D eigenvalue weighted by atomic mass is 10.3. The average Bonchev–Trinajstić information content (AvgIpc) is 3.04. The summed E-state index contributed by atoms with van der Waals surface area (Å²) in [5.74, 6) is -1.06. The maximum atomic E-state index is 12.1. The molecule has 0 aliphatic carbocycles. The molecule has 0 bridgehead atoms. The van der Waals surface area contributed by atoms with Gasteiger partial charge >= 0.3 is 5.97 Å². The van der Waals surface area contributed by atoms with Gasteiger partial charge in [-0.1, -0.05) is 0 Å². The van der Waals surface area contributed by atoms with Crippen molar-refractivity contribution in [1.82, 2.24) is 9.88 Å². The third kappa shape index (κ3) is 4.22. The van der Waals surface area contributed by atoms with Crippen LogP contribution in [0, 0.1) is 0 Å². The van der Waals surface area contributed by atoms with Crippen molar-refractivity contribution in [2.24, 2.45) is 0 Å². The number of rotatable bonds is 7. The molecule has 0 aliphatic heterocycles. The molecule has 8 nitrogen and oxygen atoms in total. The minimum Gasteiger partial charge on any atom is -0.480 e. The standard InChI is InChI=1S/C15H16N2O6/c1-10(15(20)21)17-6-2-5-12(14(17)19)23-9-13(18)16-8-11-4-3-7-22-11/h2-7,10H,8-9H2,1H3,(H,16,18)(H,20,21). The van der Waals surface area contributed by atoms with Crippen LogP contribution in [0.1, 0.15) is 18.7 Å². The Morgan fingerprint density at radius 1 is 1.39 bits per heavy atom. The second-order valence-corrected chi connectivity index (χ2v) is 4.74. The van der Waals surface area contributed by atoms with Crippen LogP contribution < -0.4 is 15.6 Å². The zero-order chi connectivity index (χ0) is 16.8. The second kappa shape index (κ2) is 7.30. The zero-order valence-electron chi connectivity index (χ0n) is 12.4. The van der Waals surface area contributed by atoms with E-state index in [-0.39, 0.29) is 18.9 Å². The summed E-state index contributed by atoms with van der Waals surface area (Å²) >= 11 is 0. The lowest BCUT2D eigenvalue weighted by Gasteiger charge is -2.12. The first kappa shape index (κ1) is 16.3. The normalized spacial score (nSPS) is 11.7. The predicted octanol–water partition coefficient (Wildman–Crippen LogP) is 0.782. The third-order valence-electron chi connectivity index (χ3n) is 3.11. The number of hydrogen-bond acceptors (Lipinski definition) is 5. The van der Waals surface area contributed by atoms with Crippen molar-refractivity contribution >= 4 is 11.9 Å². The quantitative estimate of drug-likeness (QED) is 0.780. The Morgan fingerprint density at radius 2 is 2.17 bits per heavy atom. The van der Waals surface area contributed by atoms with E-state index in [4.69, 9.17) is 14.3 Å². The van der Waals surface area contributed by atoms with Gasteiger partial charge in [0.1, 0.15) is 11.8 Å². The van der Waals surface area contributed by atoms with Gasteiger partial charge in [0.2, 0.25) is 0 Å². The van der Waals surface area contributed by atoms with E-state index in [9.17, 15) is 14.4 Å². The lowest BCUT2D eigenvalue weighted by Crippen LogP contribution is -2.32. The van der Waals surface area contributed by atoms with Crippen molar-refractivity contribution < 1.29 is 23.8 Å². The van der Waals surface area contributed by atoms with E-state index in [1.807, 2.05) is 0 Å². The highest BCUT2D eigenvalue weighted by atomic mass is 16.5. The van der Waals surface area contributed by atoms with Crippen molar-refractivity contribution in [3.05, 3.63) is 52.8 Å². The molecule has 0 fully saturated rings. The lowest BCUT2D eigenvalue weighted by molar-refractivity contribution is -0.140. The average molecular weight is 320 g/mol. The summed E-state index contributed by atoms with van der Waals surface area (Å²) in [7, 11) is 0. The molecule has 0 aliphatic rings. The highest BCUT2D eigenvalue weighted by Gasteiger charge is 2.16. The van der Waals surface area contributed by atoms with Gasteiger partial charge in [-0.25, -0.2) is 4.79 Å². The predicted molar refractivity (Wildman–Crippen MR) is 79.1 cm³/mol. The number of hydrogen-bond donors (Lipinski definition) is 2. The summed E-state index contributed by atoms with van der Waals surface area (Å²) in [5, 5.41) is 11.5. The number of nitrogens with one attached hydrogen (secondary N) is 1. The number of aliphatic carboxylic acids is 1. The summed E-state index contributed by atoms with van der Waals surface area (Å²) in [6.45, 7) is 1.23. The molecule has 0 saturated heterocycles. The van der Waals surface area contributed by atoms with Gasteiger partial charge < -0.3 is 19.6 Å². The number of amides is 1. The highest BCUT2D eigenvalue weighted by molar-refractivity contribution is 5.77. The third-order valence-corrected chi connectivity index (χ3v) is 3.11. The van der Waals surface area contributed by atoms with E-state index in [1.165, 1.54) is 31.5 Å². The van der Waals surface area contributed by atoms with Gasteiger partial charge in [-0.3, -0.25) is 14.2 Å². The van der Waals surface area contributed by atoms with E-state index in [2.05, 4.69) is 5.32 Å². The maximum absolute atomic E-state index is 12.1. The number of nitrogens with zero attached hydrogens (tertiary/aromatic N) is 1. The number of carbonyl (C=O) groups excluding carboxylic acids is 1. The van der Waals surface area contributed by atoms with Crippen LogP contribution in [0.15, 0.2) is 45.9 Å². The number of pyridine rings is 1. The van der Waals surface area contributed by atoms with E-state index in [1.54, 1.807) is 12.1 Å². The molecule has 2 N–H and O–H groups in total. The van der Waals surface area contributed by atoms with Gasteiger partial charge in [-0.2, -0.15) is 0 Å². The highest BCUT2D eigenvalue weighted by Crippen LogP contribution is 2.07. The molecule has 0 aromatic carbocycles. The monoisotopic (exact) mass is 320 g/mol. The summed E-state index contributed by atoms with van der Waals surface area (Å²) < 4.78 is 11.3. The fourth-order valence-electron chi connectivity index (χ4n) is 1.82. The molecule has 8 heteroatoms. The molecule has 2 aromatic rings. The van der Waals surface area contributed by atoms with Gasteiger partial charge in [0.15, 0.2) is 12.4 Å². The molecule has 0 radical (unpaired) electrons. The van der Waals surface area contributed by atoms with Crippen LogP contribution in [0.5, 0.6) is 5.75 Å². The van der Waals surface area contributed by atoms with Crippen molar-refractivity contribution in [3.63, 3.8) is 0 Å². The topological polar surface area (TPSA) is 111 Å². The maximum Gasteiger partial charge on any atom is 0.326 e. The van der Waals surface area contributed by atoms with E-state index < -0.39 is 23.5 Å². The number of ether oxygens (including phenoxy) is 1. The van der Waals surface area contributed by atoms with Gasteiger partial charge in [0.05, 0.1) is 12.8 Å². The number of carbonyl (C=O) groups is 2. The molecular formula is C15H16N2O6. The van der Waals surface area contributed by atoms with Crippen LogP contribution >= 0.6 is 0 Å². The summed E-state index contributed by atoms with van der Waals surface area (Å²) in [4.78, 5) is 34.7. The molecule has 23 heavy (non-hydrogen) atoms. The first-order chi connectivity index (χ1) is 11.0. The van der Waals surface area contributed by atoms with Gasteiger partial charge in [-0.05, 0) is 31.2 Å². The molecule has 1 atom stereocenters. The Kier molecular flexibility index (Phi) is 5.19. The van der Waals surface area contributed by atoms with Crippen LogP contribution in [0.3, 0.4) is 0 Å². The number of carboxylic acid groups (broad SMARTS) is 1. The Labute approximate surface area is 131 Å². The fourth-order valence-corrected chi connectivity index (χ4v) is 1.82. The van der Waals surface area contributed by atoms with Crippen LogP contribution in [-0.4, -0.2) is 28.2 Å². The molecule has 2 heterocycles. The van der Waals surface area contributed by atoms with Crippen LogP contribution in [0.25, 0.3) is 0 Å². The van der Waals surface area contributed by atoms with Gasteiger partial charge in [0.25, 0.3) is 11.5 Å². The smallest absolute Gasteiger partial charge is 0.326 e. The van der Waals surface area contributed by atoms with E-state index in [0.717, 1.165) is 4.57 Å². The van der Waals surface area contributed by atoms with Gasteiger partial charge in [0, 0.05) is 6.20 Å². The summed E-state index contributed by atoms with van der Waals surface area (Å²) in [6.07, 6.45) is 2.85. The molecule has 122 valence electrons. The minimum absolute atomic E-state index is 0.0891. The summed E-state index contributed by atoms with van der Waals surface area (Å²) in [5.41, 5.74) is -0.610. The van der Waals surface area contributed by atoms with Crippen LogP contribution in [0.4, 0.5) is 0 Å². The molecule has 0 saturated carbocycles. The van der Waals surface area contributed by atoms with E-state index >= 15 is 0 Å². The van der Waals surface area contributed by atoms with Crippen molar-refractivity contribution in [3.8, 4) is 5.75 Å². The molecule has 2 aromatic heterocycles. The molecular weight excluding hydrogens is 304 g/mol. The minimum atomic E-state index is -1.14. The zero-order valence-corrected chi connectivity index (χ0v) is 12.4. The summed E-state index contributed by atoms with van der Waals surface area (Å²) in [6, 6.07) is 5.25. The largest absolute Gasteiger partial charge is 0.480 e.